The van der Waals surface area contributed by atoms with Crippen LogP contribution in [0.5, 0.6) is 0 Å². The van der Waals surface area contributed by atoms with Crippen molar-refractivity contribution in [2.24, 2.45) is 11.3 Å². The normalized spacial score (nSPS) is 14.8. The Kier molecular flexibility index (Phi) is 12.5. The molecule has 0 saturated carbocycles. The van der Waals surface area contributed by atoms with Gasteiger partial charge >= 0.3 is 299 Å². The molecule has 52 heavy (non-hydrogen) atoms. The molecule has 0 heterocycles. The Balaban J connectivity index is 0.00000302. The van der Waals surface area contributed by atoms with Crippen molar-refractivity contribution >= 4 is 18.6 Å². The summed E-state index contributed by atoms with van der Waals surface area (Å²) in [5, 5.41) is 0. The van der Waals surface area contributed by atoms with Gasteiger partial charge in [0.15, 0.2) is 0 Å². The number of fused-ring (bicyclic) bond motifs is 3. The van der Waals surface area contributed by atoms with E-state index in [0.29, 0.717) is 17.5 Å². The van der Waals surface area contributed by atoms with Crippen LogP contribution in [0.25, 0.3) is 23.3 Å². The number of benzene rings is 4. The Morgan fingerprint density at radius 1 is 0.731 bits per heavy atom. The van der Waals surface area contributed by atoms with Gasteiger partial charge in [0, 0.05) is 0 Å². The molecule has 0 bridgehead atoms. The van der Waals surface area contributed by atoms with E-state index in [2.05, 4.69) is 77.3 Å². The van der Waals surface area contributed by atoms with Gasteiger partial charge in [0.2, 0.25) is 0 Å². The minimum absolute atomic E-state index is 0. The largest absolute Gasteiger partial charge is 1.00 e. The number of rotatable bonds is 7. The molecule has 0 aliphatic heterocycles. The van der Waals surface area contributed by atoms with E-state index in [-0.39, 0.29) is 36.1 Å². The van der Waals surface area contributed by atoms with Gasteiger partial charge in [-0.1, -0.05) is 0 Å². The molecule has 0 aromatic heterocycles. The molecule has 0 saturated heterocycles. The van der Waals surface area contributed by atoms with Crippen LogP contribution in [0.1, 0.15) is 78.6 Å². The van der Waals surface area contributed by atoms with Gasteiger partial charge in [-0.15, -0.1) is 0 Å². The first-order chi connectivity index (χ1) is 23.5. The van der Waals surface area contributed by atoms with E-state index >= 15 is 0 Å². The Hall–Kier alpha value is -3.25. The second kappa shape index (κ2) is 15.6. The molecule has 0 spiro atoms. The van der Waals surface area contributed by atoms with Crippen molar-refractivity contribution in [3.8, 4) is 11.1 Å². The van der Waals surface area contributed by atoms with Crippen LogP contribution >= 0.6 is 0 Å². The van der Waals surface area contributed by atoms with E-state index in [9.17, 15) is 26.3 Å². The Bertz CT molecular complexity index is 2030. The smallest absolute Gasteiger partial charge is 1.00 e. The summed E-state index contributed by atoms with van der Waals surface area (Å²) in [6, 6.07) is 20.9. The first-order valence-corrected chi connectivity index (χ1v) is 20.3. The monoisotopic (exact) mass is 828 g/mol. The van der Waals surface area contributed by atoms with Crippen LogP contribution in [0.4, 0.5) is 26.3 Å². The van der Waals surface area contributed by atoms with Crippen molar-refractivity contribution in [2.75, 3.05) is 0 Å². The van der Waals surface area contributed by atoms with E-state index in [1.165, 1.54) is 38.7 Å². The van der Waals surface area contributed by atoms with Crippen molar-refractivity contribution in [3.05, 3.63) is 158 Å². The Morgan fingerprint density at radius 3 is 1.71 bits per heavy atom. The molecular weight excluding hydrogens is 793 g/mol. The number of allylic oxidation sites excluding steroid dienone is 4. The van der Waals surface area contributed by atoms with Gasteiger partial charge in [-0.2, -0.15) is 0 Å². The van der Waals surface area contributed by atoms with Gasteiger partial charge in [-0.25, -0.2) is 0 Å². The van der Waals surface area contributed by atoms with E-state index in [1.54, 1.807) is 0 Å². The molecule has 2 aliphatic rings. The second-order valence-electron chi connectivity index (χ2n) is 14.0. The van der Waals surface area contributed by atoms with E-state index in [4.69, 9.17) is 0 Å². The number of halogens is 8. The van der Waals surface area contributed by atoms with E-state index in [1.807, 2.05) is 18.2 Å². The second-order valence-corrected chi connectivity index (χ2v) is 19.8. The molecule has 270 valence electrons. The summed E-state index contributed by atoms with van der Waals surface area (Å²) in [6.07, 6.45) is 0.665. The van der Waals surface area contributed by atoms with E-state index in [0.717, 1.165) is 65.0 Å². The summed E-state index contributed by atoms with van der Waals surface area (Å²) in [5.74, 6) is 0.0803. The molecule has 0 fully saturated rings. The Labute approximate surface area is 322 Å². The summed E-state index contributed by atoms with van der Waals surface area (Å²) < 4.78 is 86.1. The van der Waals surface area contributed by atoms with Crippen molar-refractivity contribution in [1.29, 1.82) is 0 Å². The molecule has 0 N–H and O–H groups in total. The van der Waals surface area contributed by atoms with Crippen LogP contribution in [-0.4, -0.2) is 3.21 Å². The molecule has 0 amide bonds. The maximum absolute atomic E-state index is 13.8. The predicted octanol–water partition coefficient (Wildman–Crippen LogP) is 6.00. The van der Waals surface area contributed by atoms with E-state index < -0.39 is 44.7 Å². The van der Waals surface area contributed by atoms with Crippen LogP contribution in [-0.2, 0) is 40.0 Å². The molecule has 6 rings (SSSR count). The summed E-state index contributed by atoms with van der Waals surface area (Å²) in [5.41, 5.74) is 7.11. The first-order valence-electron chi connectivity index (χ1n) is 16.6. The molecule has 9 heteroatoms. The Morgan fingerprint density at radius 2 is 1.25 bits per heavy atom. The van der Waals surface area contributed by atoms with Crippen molar-refractivity contribution in [1.82, 2.24) is 0 Å². The third-order valence-corrected chi connectivity index (χ3v) is 17.5. The van der Waals surface area contributed by atoms with Gasteiger partial charge in [0.25, 0.3) is 0 Å². The predicted molar refractivity (Wildman–Crippen MR) is 190 cm³/mol. The van der Waals surface area contributed by atoms with Crippen molar-refractivity contribution in [3.63, 3.8) is 0 Å². The summed E-state index contributed by atoms with van der Waals surface area (Å²) in [7, 11) is 0. The van der Waals surface area contributed by atoms with Crippen molar-refractivity contribution in [2.45, 2.75) is 52.9 Å². The zero-order chi connectivity index (χ0) is 36.2. The molecule has 4 aromatic rings. The molecule has 1 atom stereocenters. The minimum Gasteiger partial charge on any atom is -1.00 e. The molecule has 1 unspecified atom stereocenters. The average Bonchev–Trinajstić information content (AvgIpc) is 3.68. The standard InChI is InChI=1S/C17H13.C15H8F6.C11H17.2ClH.Zr/c1-3-12-5-7-14-11-15-8-6-13(4-2)10-17(15)16(14)9-12;16-14(17,18)12-5-1-10(2-6-12)9-11-3-7-13(8-4-11)15(19,20)21;1-5-9-6-7-10(8-9)11(2,3)4;;;/h3-7,9-10H,1-2,11H2;1-8H;7-9H,5H2,1-4H3;2*1H;/q;;;;;+2/p-2. The number of hydrogen-bond donors (Lipinski definition) is 0. The topological polar surface area (TPSA) is 0 Å². The SMILES string of the molecule is C=Cc1ccc2c(c1)-c1cc(C=C)c[c]([Zr+2]([C]3=CC(C(C)(C)C)=CC3CC)=[C](c3ccc(C(F)(F)F)cc3)c3ccc(C(F)(F)F)cc3)c1C2.[Cl-].[Cl-]. The van der Waals surface area contributed by atoms with Crippen LogP contribution < -0.4 is 28.1 Å². The van der Waals surface area contributed by atoms with Gasteiger partial charge < -0.3 is 24.8 Å². The minimum atomic E-state index is -4.53. The molecule has 4 aromatic carbocycles. The fourth-order valence-electron chi connectivity index (χ4n) is 7.01. The fourth-order valence-corrected chi connectivity index (χ4v) is 15.8. The molecular formula is C43H38Cl2F6Zr. The maximum Gasteiger partial charge on any atom is -1.00 e. The quantitative estimate of drug-likeness (QED) is 0.177. The van der Waals surface area contributed by atoms with Crippen LogP contribution in [0.15, 0.2) is 113 Å². The summed E-state index contributed by atoms with van der Waals surface area (Å²) in [4.78, 5) is 0. The van der Waals surface area contributed by atoms with Crippen LogP contribution in [0.3, 0.4) is 0 Å². The first kappa shape index (κ1) is 41.5. The zero-order valence-corrected chi connectivity index (χ0v) is 33.2. The summed E-state index contributed by atoms with van der Waals surface area (Å²) >= 11 is -3.55. The molecule has 0 nitrogen and oxygen atoms in total. The third-order valence-electron chi connectivity index (χ3n) is 9.74. The molecule has 0 radical (unpaired) electrons. The third kappa shape index (κ3) is 8.12. The van der Waals surface area contributed by atoms with Crippen molar-refractivity contribution < 1.29 is 72.4 Å². The summed E-state index contributed by atoms with van der Waals surface area (Å²) in [6.45, 7) is 16.7. The van der Waals surface area contributed by atoms with Gasteiger partial charge in [-0.3, -0.25) is 0 Å². The van der Waals surface area contributed by atoms with Crippen LogP contribution in [0.2, 0.25) is 0 Å². The van der Waals surface area contributed by atoms with Gasteiger partial charge in [-0.05, 0) is 0 Å². The number of alkyl halides is 6. The molecule has 2 aliphatic carbocycles. The van der Waals surface area contributed by atoms with Gasteiger partial charge in [0.05, 0.1) is 0 Å². The maximum atomic E-state index is 13.8. The zero-order valence-electron chi connectivity index (χ0n) is 29.2. The number of hydrogen-bond acceptors (Lipinski definition) is 0. The average molecular weight is 831 g/mol. The van der Waals surface area contributed by atoms with Crippen LogP contribution in [0, 0.1) is 11.3 Å². The fraction of sp³-hybridized carbons (Fsp3) is 0.233. The van der Waals surface area contributed by atoms with Gasteiger partial charge in [0.1, 0.15) is 0 Å².